The zero-order chi connectivity index (χ0) is 11.1. The van der Waals surface area contributed by atoms with Crippen LogP contribution in [0.3, 0.4) is 0 Å². The summed E-state index contributed by atoms with van der Waals surface area (Å²) >= 11 is 0. The largest absolute Gasteiger partial charge is 0.496 e. The summed E-state index contributed by atoms with van der Waals surface area (Å²) < 4.78 is 5.39. The van der Waals surface area contributed by atoms with E-state index in [4.69, 9.17) is 4.74 Å². The van der Waals surface area contributed by atoms with E-state index >= 15 is 0 Å². The molecule has 0 aliphatic rings. The maximum Gasteiger partial charge on any atom is 0.126 e. The Balaban J connectivity index is 2.56. The molecule has 0 amide bonds. The van der Waals surface area contributed by atoms with Gasteiger partial charge in [-0.3, -0.25) is 0 Å². The lowest BCUT2D eigenvalue weighted by atomic mass is 10.1. The van der Waals surface area contributed by atoms with Crippen LogP contribution in [0.25, 0.3) is 0 Å². The number of hydrogen-bond donors (Lipinski definition) is 1. The first-order valence-electron chi connectivity index (χ1n) is 5.62. The van der Waals surface area contributed by atoms with Crippen LogP contribution in [-0.2, 0) is 6.54 Å². The number of benzene rings is 1. The molecular formula is C13H21NO. The first-order chi connectivity index (χ1) is 7.29. The van der Waals surface area contributed by atoms with E-state index in [1.807, 2.05) is 0 Å². The Morgan fingerprint density at radius 3 is 2.80 bits per heavy atom. The number of para-hydroxylation sites is 1. The van der Waals surface area contributed by atoms with E-state index in [9.17, 15) is 0 Å². The third kappa shape index (κ3) is 3.56. The second kappa shape index (κ2) is 6.46. The number of unbranched alkanes of at least 4 members (excludes halogenated alkanes) is 1. The number of hydrogen-bond acceptors (Lipinski definition) is 2. The number of rotatable bonds is 6. The highest BCUT2D eigenvalue weighted by Gasteiger charge is 2.04. The van der Waals surface area contributed by atoms with Gasteiger partial charge in [-0.25, -0.2) is 0 Å². The summed E-state index contributed by atoms with van der Waals surface area (Å²) in [5.74, 6) is 1.02. The van der Waals surface area contributed by atoms with Gasteiger partial charge in [0.2, 0.25) is 0 Å². The van der Waals surface area contributed by atoms with Gasteiger partial charge in [-0.2, -0.15) is 0 Å². The fraction of sp³-hybridized carbons (Fsp3) is 0.538. The van der Waals surface area contributed by atoms with E-state index in [1.165, 1.54) is 24.0 Å². The predicted molar refractivity (Wildman–Crippen MR) is 64.3 cm³/mol. The molecule has 84 valence electrons. The monoisotopic (exact) mass is 207 g/mol. The summed E-state index contributed by atoms with van der Waals surface area (Å²) in [6.45, 7) is 6.25. The summed E-state index contributed by atoms with van der Waals surface area (Å²) in [5, 5.41) is 3.42. The fourth-order valence-corrected chi connectivity index (χ4v) is 1.67. The van der Waals surface area contributed by atoms with Gasteiger partial charge >= 0.3 is 0 Å². The van der Waals surface area contributed by atoms with Crippen molar-refractivity contribution >= 4 is 0 Å². The van der Waals surface area contributed by atoms with Crippen molar-refractivity contribution in [2.24, 2.45) is 0 Å². The molecule has 1 aromatic carbocycles. The van der Waals surface area contributed by atoms with Gasteiger partial charge in [-0.1, -0.05) is 31.5 Å². The van der Waals surface area contributed by atoms with E-state index in [-0.39, 0.29) is 0 Å². The van der Waals surface area contributed by atoms with Gasteiger partial charge in [0.25, 0.3) is 0 Å². The van der Waals surface area contributed by atoms with Crippen molar-refractivity contribution in [2.75, 3.05) is 13.7 Å². The lowest BCUT2D eigenvalue weighted by Gasteiger charge is -2.11. The van der Waals surface area contributed by atoms with E-state index in [2.05, 4.69) is 37.4 Å². The highest BCUT2D eigenvalue weighted by molar-refractivity contribution is 5.40. The smallest absolute Gasteiger partial charge is 0.126 e. The normalized spacial score (nSPS) is 10.3. The number of ether oxygens (including phenoxy) is 1. The lowest BCUT2D eigenvalue weighted by Crippen LogP contribution is -2.15. The van der Waals surface area contributed by atoms with Crippen LogP contribution in [0.4, 0.5) is 0 Å². The first kappa shape index (κ1) is 12.1. The van der Waals surface area contributed by atoms with E-state index in [1.54, 1.807) is 7.11 Å². The van der Waals surface area contributed by atoms with E-state index < -0.39 is 0 Å². The van der Waals surface area contributed by atoms with Gasteiger partial charge in [0.15, 0.2) is 0 Å². The average molecular weight is 207 g/mol. The van der Waals surface area contributed by atoms with E-state index in [0.717, 1.165) is 18.8 Å². The minimum Gasteiger partial charge on any atom is -0.496 e. The lowest BCUT2D eigenvalue weighted by molar-refractivity contribution is 0.404. The van der Waals surface area contributed by atoms with Crippen molar-refractivity contribution in [2.45, 2.75) is 33.2 Å². The maximum absolute atomic E-state index is 5.39. The molecule has 0 saturated heterocycles. The standard InChI is InChI=1S/C13H21NO/c1-4-5-9-14-10-12-8-6-7-11(2)13(12)15-3/h6-8,14H,4-5,9-10H2,1-3H3. The highest BCUT2D eigenvalue weighted by Crippen LogP contribution is 2.22. The van der Waals surface area contributed by atoms with Crippen molar-refractivity contribution in [1.29, 1.82) is 0 Å². The van der Waals surface area contributed by atoms with Crippen molar-refractivity contribution < 1.29 is 4.74 Å². The molecule has 2 heteroatoms. The number of nitrogens with one attached hydrogen (secondary N) is 1. The van der Waals surface area contributed by atoms with Crippen LogP contribution in [0.2, 0.25) is 0 Å². The van der Waals surface area contributed by atoms with Crippen molar-refractivity contribution in [3.63, 3.8) is 0 Å². The number of aryl methyl sites for hydroxylation is 1. The van der Waals surface area contributed by atoms with Gasteiger partial charge < -0.3 is 10.1 Å². The Hall–Kier alpha value is -1.02. The Kier molecular flexibility index (Phi) is 5.19. The van der Waals surface area contributed by atoms with Gasteiger partial charge in [-0.15, -0.1) is 0 Å². The molecule has 1 rings (SSSR count). The molecule has 0 bridgehead atoms. The van der Waals surface area contributed by atoms with Gasteiger partial charge in [0, 0.05) is 12.1 Å². The Bertz CT molecular complexity index is 297. The molecule has 2 nitrogen and oxygen atoms in total. The van der Waals surface area contributed by atoms with Crippen LogP contribution < -0.4 is 10.1 Å². The van der Waals surface area contributed by atoms with Crippen molar-refractivity contribution in [3.8, 4) is 5.75 Å². The van der Waals surface area contributed by atoms with Crippen LogP contribution in [-0.4, -0.2) is 13.7 Å². The molecule has 0 heterocycles. The Morgan fingerprint density at radius 2 is 2.13 bits per heavy atom. The molecule has 0 aliphatic carbocycles. The summed E-state index contributed by atoms with van der Waals surface area (Å²) in [5.41, 5.74) is 2.45. The van der Waals surface area contributed by atoms with Crippen LogP contribution in [0, 0.1) is 6.92 Å². The molecule has 0 radical (unpaired) electrons. The quantitative estimate of drug-likeness (QED) is 0.724. The predicted octanol–water partition coefficient (Wildman–Crippen LogP) is 2.89. The molecule has 0 aliphatic heterocycles. The summed E-state index contributed by atoms with van der Waals surface area (Å²) in [6.07, 6.45) is 2.46. The topological polar surface area (TPSA) is 21.3 Å². The molecule has 1 aromatic rings. The minimum absolute atomic E-state index is 0.894. The zero-order valence-electron chi connectivity index (χ0n) is 9.97. The van der Waals surface area contributed by atoms with Gasteiger partial charge in [-0.05, 0) is 25.5 Å². The van der Waals surface area contributed by atoms with Crippen molar-refractivity contribution in [3.05, 3.63) is 29.3 Å². The number of methoxy groups -OCH3 is 1. The molecule has 0 unspecified atom stereocenters. The van der Waals surface area contributed by atoms with E-state index in [0.29, 0.717) is 0 Å². The molecule has 0 saturated carbocycles. The van der Waals surface area contributed by atoms with Crippen LogP contribution in [0.5, 0.6) is 5.75 Å². The van der Waals surface area contributed by atoms with Gasteiger partial charge in [0.05, 0.1) is 7.11 Å². The highest BCUT2D eigenvalue weighted by atomic mass is 16.5. The SMILES string of the molecule is CCCCNCc1cccc(C)c1OC. The molecule has 1 N–H and O–H groups in total. The second-order valence-corrected chi connectivity index (χ2v) is 3.80. The summed E-state index contributed by atoms with van der Waals surface area (Å²) in [4.78, 5) is 0. The van der Waals surface area contributed by atoms with Crippen LogP contribution >= 0.6 is 0 Å². The molecule has 0 fully saturated rings. The molecular weight excluding hydrogens is 186 g/mol. The minimum atomic E-state index is 0.894. The molecule has 0 atom stereocenters. The first-order valence-corrected chi connectivity index (χ1v) is 5.62. The summed E-state index contributed by atoms with van der Waals surface area (Å²) in [6, 6.07) is 6.27. The van der Waals surface area contributed by atoms with Gasteiger partial charge in [0.1, 0.15) is 5.75 Å². The Morgan fingerprint density at radius 1 is 1.33 bits per heavy atom. The zero-order valence-corrected chi connectivity index (χ0v) is 9.97. The third-order valence-corrected chi connectivity index (χ3v) is 2.52. The van der Waals surface area contributed by atoms with Crippen LogP contribution in [0.1, 0.15) is 30.9 Å². The molecule has 15 heavy (non-hydrogen) atoms. The summed E-state index contributed by atoms with van der Waals surface area (Å²) in [7, 11) is 1.73. The molecule has 0 spiro atoms. The van der Waals surface area contributed by atoms with Crippen molar-refractivity contribution in [1.82, 2.24) is 5.32 Å². The average Bonchev–Trinajstić information content (AvgIpc) is 2.24. The molecule has 0 aromatic heterocycles. The Labute approximate surface area is 92.6 Å². The second-order valence-electron chi connectivity index (χ2n) is 3.80. The maximum atomic E-state index is 5.39. The van der Waals surface area contributed by atoms with Crippen LogP contribution in [0.15, 0.2) is 18.2 Å². The fourth-order valence-electron chi connectivity index (χ4n) is 1.67. The third-order valence-electron chi connectivity index (χ3n) is 2.52.